The van der Waals surface area contributed by atoms with Gasteiger partial charge < -0.3 is 14.4 Å². The molecule has 1 aliphatic heterocycles. The predicted octanol–water partition coefficient (Wildman–Crippen LogP) is 3.64. The highest BCUT2D eigenvalue weighted by molar-refractivity contribution is 5.99. The van der Waals surface area contributed by atoms with Gasteiger partial charge >= 0.3 is 0 Å². The summed E-state index contributed by atoms with van der Waals surface area (Å²) in [7, 11) is 0. The van der Waals surface area contributed by atoms with E-state index in [1.165, 1.54) is 0 Å². The molecule has 1 amide bonds. The molecule has 2 aromatic carbocycles. The number of amides is 1. The van der Waals surface area contributed by atoms with Crippen LogP contribution < -0.4 is 5.43 Å². The zero-order valence-electron chi connectivity index (χ0n) is 15.3. The highest BCUT2D eigenvalue weighted by Crippen LogP contribution is 2.39. The smallest absolute Gasteiger partial charge is 0.291 e. The Balaban J connectivity index is 1.74. The zero-order chi connectivity index (χ0) is 20.0. The summed E-state index contributed by atoms with van der Waals surface area (Å²) < 4.78 is 5.88. The van der Waals surface area contributed by atoms with Crippen LogP contribution in [-0.2, 0) is 6.54 Å². The average molecular weight is 384 g/mol. The van der Waals surface area contributed by atoms with Gasteiger partial charge in [-0.25, -0.2) is 0 Å². The molecule has 0 aliphatic carbocycles. The van der Waals surface area contributed by atoms with E-state index in [0.29, 0.717) is 22.1 Å². The van der Waals surface area contributed by atoms with Gasteiger partial charge in [0.2, 0.25) is 5.76 Å². The van der Waals surface area contributed by atoms with Crippen LogP contribution in [0.5, 0.6) is 5.75 Å². The number of rotatable bonds is 3. The van der Waals surface area contributed by atoms with Crippen molar-refractivity contribution in [3.63, 3.8) is 0 Å². The van der Waals surface area contributed by atoms with Crippen molar-refractivity contribution < 1.29 is 14.3 Å². The quantitative estimate of drug-likeness (QED) is 0.583. The van der Waals surface area contributed by atoms with Crippen LogP contribution in [0.2, 0.25) is 0 Å². The number of fused-ring (bicyclic) bond motifs is 2. The van der Waals surface area contributed by atoms with E-state index in [1.54, 1.807) is 71.9 Å². The van der Waals surface area contributed by atoms with Crippen LogP contribution in [0.4, 0.5) is 0 Å². The predicted molar refractivity (Wildman–Crippen MR) is 107 cm³/mol. The fraction of sp³-hybridized carbons (Fsp3) is 0.0870. The van der Waals surface area contributed by atoms with Crippen molar-refractivity contribution in [2.45, 2.75) is 12.6 Å². The average Bonchev–Trinajstić information content (AvgIpc) is 3.01. The van der Waals surface area contributed by atoms with Crippen molar-refractivity contribution in [1.82, 2.24) is 9.88 Å². The number of hydrogen-bond donors (Lipinski definition) is 1. The molecule has 0 saturated carbocycles. The van der Waals surface area contributed by atoms with Crippen molar-refractivity contribution >= 4 is 16.9 Å². The summed E-state index contributed by atoms with van der Waals surface area (Å²) in [5, 5.41) is 10.4. The topological polar surface area (TPSA) is 83.6 Å². The Morgan fingerprint density at radius 3 is 2.69 bits per heavy atom. The summed E-state index contributed by atoms with van der Waals surface area (Å²) in [5.74, 6) is -0.249. The van der Waals surface area contributed by atoms with Gasteiger partial charge in [-0.05, 0) is 41.5 Å². The summed E-state index contributed by atoms with van der Waals surface area (Å²) >= 11 is 0. The number of aromatic nitrogens is 1. The van der Waals surface area contributed by atoms with Gasteiger partial charge in [0, 0.05) is 18.9 Å². The normalized spacial score (nSPS) is 15.7. The molecule has 4 aromatic rings. The van der Waals surface area contributed by atoms with E-state index in [0.717, 1.165) is 5.56 Å². The Kier molecular flexibility index (Phi) is 3.91. The molecule has 3 heterocycles. The molecule has 0 saturated heterocycles. The van der Waals surface area contributed by atoms with Crippen LogP contribution in [0.25, 0.3) is 11.0 Å². The second kappa shape index (κ2) is 6.60. The minimum atomic E-state index is -0.661. The molecule has 0 fully saturated rings. The van der Waals surface area contributed by atoms with E-state index in [2.05, 4.69) is 4.98 Å². The van der Waals surface area contributed by atoms with Gasteiger partial charge in [0.15, 0.2) is 5.43 Å². The van der Waals surface area contributed by atoms with Crippen molar-refractivity contribution in [1.29, 1.82) is 0 Å². The summed E-state index contributed by atoms with van der Waals surface area (Å²) in [6, 6.07) is 16.5. The Morgan fingerprint density at radius 1 is 1.03 bits per heavy atom. The molecule has 1 unspecified atom stereocenters. The van der Waals surface area contributed by atoms with Gasteiger partial charge in [0.1, 0.15) is 11.3 Å². The molecule has 1 aliphatic rings. The third-order valence-electron chi connectivity index (χ3n) is 5.13. The number of carbonyl (C=O) groups is 1. The molecule has 6 heteroatoms. The van der Waals surface area contributed by atoms with Crippen LogP contribution >= 0.6 is 0 Å². The van der Waals surface area contributed by atoms with Crippen molar-refractivity contribution in [3.05, 3.63) is 106 Å². The monoisotopic (exact) mass is 384 g/mol. The SMILES string of the molecule is O=C1c2oc3ccccc3c(=O)c2C(c2cccc(O)c2)N1Cc1cccnc1. The summed E-state index contributed by atoms with van der Waals surface area (Å²) in [6.07, 6.45) is 3.34. The number of aromatic hydroxyl groups is 1. The standard InChI is InChI=1S/C23H16N2O4/c26-16-7-3-6-15(11-16)20-19-21(27)17-8-1-2-9-18(17)29-22(19)23(28)25(20)13-14-5-4-10-24-12-14/h1-12,20,26H,13H2. The number of hydrogen-bond acceptors (Lipinski definition) is 5. The fourth-order valence-electron chi connectivity index (χ4n) is 3.86. The van der Waals surface area contributed by atoms with E-state index >= 15 is 0 Å². The summed E-state index contributed by atoms with van der Waals surface area (Å²) in [6.45, 7) is 0.257. The van der Waals surface area contributed by atoms with Crippen LogP contribution in [0, 0.1) is 0 Å². The first-order chi connectivity index (χ1) is 14.1. The number of para-hydroxylation sites is 1. The van der Waals surface area contributed by atoms with Crippen molar-refractivity contribution in [2.24, 2.45) is 0 Å². The molecule has 0 radical (unpaired) electrons. The maximum atomic E-state index is 13.3. The Bertz CT molecular complexity index is 1300. The molecular weight excluding hydrogens is 368 g/mol. The first kappa shape index (κ1) is 17.2. The highest BCUT2D eigenvalue weighted by Gasteiger charge is 2.42. The molecular formula is C23H16N2O4. The molecule has 6 nitrogen and oxygen atoms in total. The largest absolute Gasteiger partial charge is 0.508 e. The first-order valence-corrected chi connectivity index (χ1v) is 9.18. The van der Waals surface area contributed by atoms with Gasteiger partial charge in [0.05, 0.1) is 17.0 Å². The summed E-state index contributed by atoms with van der Waals surface area (Å²) in [4.78, 5) is 32.3. The van der Waals surface area contributed by atoms with E-state index in [-0.39, 0.29) is 29.4 Å². The van der Waals surface area contributed by atoms with Crippen molar-refractivity contribution in [3.8, 4) is 5.75 Å². The third-order valence-corrected chi connectivity index (χ3v) is 5.13. The van der Waals surface area contributed by atoms with Crippen LogP contribution in [0.1, 0.15) is 33.3 Å². The number of pyridine rings is 1. The zero-order valence-corrected chi connectivity index (χ0v) is 15.3. The number of phenols is 1. The van der Waals surface area contributed by atoms with E-state index in [4.69, 9.17) is 4.42 Å². The molecule has 1 atom stereocenters. The molecule has 142 valence electrons. The number of nitrogens with zero attached hydrogens (tertiary/aromatic N) is 2. The molecule has 0 spiro atoms. The lowest BCUT2D eigenvalue weighted by molar-refractivity contribution is 0.0714. The Hall–Kier alpha value is -3.93. The second-order valence-corrected chi connectivity index (χ2v) is 6.96. The lowest BCUT2D eigenvalue weighted by Gasteiger charge is -2.25. The summed E-state index contributed by atoms with van der Waals surface area (Å²) in [5.41, 5.74) is 1.90. The third kappa shape index (κ3) is 2.77. The maximum Gasteiger partial charge on any atom is 0.291 e. The number of carbonyl (C=O) groups excluding carboxylic acids is 1. The van der Waals surface area contributed by atoms with Gasteiger partial charge in [0.25, 0.3) is 5.91 Å². The molecule has 1 N–H and O–H groups in total. The van der Waals surface area contributed by atoms with Crippen LogP contribution in [0.15, 0.2) is 82.3 Å². The Labute approximate surface area is 165 Å². The lowest BCUT2D eigenvalue weighted by atomic mass is 9.98. The van der Waals surface area contributed by atoms with E-state index < -0.39 is 6.04 Å². The highest BCUT2D eigenvalue weighted by atomic mass is 16.3. The minimum Gasteiger partial charge on any atom is -0.508 e. The minimum absolute atomic E-state index is 0.0472. The van der Waals surface area contributed by atoms with Gasteiger partial charge in [-0.15, -0.1) is 0 Å². The van der Waals surface area contributed by atoms with Crippen LogP contribution in [-0.4, -0.2) is 20.9 Å². The van der Waals surface area contributed by atoms with Gasteiger partial charge in [-0.3, -0.25) is 14.6 Å². The molecule has 29 heavy (non-hydrogen) atoms. The molecule has 2 aromatic heterocycles. The van der Waals surface area contributed by atoms with Gasteiger partial charge in [-0.1, -0.05) is 30.3 Å². The lowest BCUT2D eigenvalue weighted by Crippen LogP contribution is -2.29. The fourth-order valence-corrected chi connectivity index (χ4v) is 3.86. The van der Waals surface area contributed by atoms with E-state index in [9.17, 15) is 14.7 Å². The number of phenolic OH excluding ortho intramolecular Hbond substituents is 1. The van der Waals surface area contributed by atoms with E-state index in [1.807, 2.05) is 6.07 Å². The second-order valence-electron chi connectivity index (χ2n) is 6.96. The first-order valence-electron chi connectivity index (χ1n) is 9.18. The number of benzene rings is 2. The van der Waals surface area contributed by atoms with Crippen molar-refractivity contribution in [2.75, 3.05) is 0 Å². The maximum absolute atomic E-state index is 13.3. The molecule has 0 bridgehead atoms. The van der Waals surface area contributed by atoms with Gasteiger partial charge in [-0.2, -0.15) is 0 Å². The Morgan fingerprint density at radius 2 is 1.90 bits per heavy atom. The van der Waals surface area contributed by atoms with Crippen LogP contribution in [0.3, 0.4) is 0 Å². The molecule has 5 rings (SSSR count).